The zero-order valence-corrected chi connectivity index (χ0v) is 33.5. The molecule has 9 nitrogen and oxygen atoms in total. The maximum atomic E-state index is 13.6. The van der Waals surface area contributed by atoms with Crippen LogP contribution in [0.15, 0.2) is 83.6 Å². The van der Waals surface area contributed by atoms with Crippen LogP contribution in [0.5, 0.6) is 5.75 Å². The van der Waals surface area contributed by atoms with Crippen molar-refractivity contribution in [2.75, 3.05) is 19.0 Å². The Bertz CT molecular complexity index is 2100. The number of aromatic nitrogens is 2. The van der Waals surface area contributed by atoms with Crippen molar-refractivity contribution in [1.82, 2.24) is 14.9 Å². The molecule has 2 N–H and O–H groups in total. The molecule has 57 heavy (non-hydrogen) atoms. The number of allylic oxidation sites excluding steroid dienone is 2. The van der Waals surface area contributed by atoms with Crippen molar-refractivity contribution in [2.45, 2.75) is 77.4 Å². The maximum Gasteiger partial charge on any atom is 0.416 e. The minimum atomic E-state index is -4.69. The molecular formula is C44H46BrF3N4O5. The molecule has 1 heterocycles. The first-order valence-corrected chi connectivity index (χ1v) is 20.1. The lowest BCUT2D eigenvalue weighted by molar-refractivity contribution is -0.139. The highest BCUT2D eigenvalue weighted by molar-refractivity contribution is 9.10. The number of hydrogen-bond acceptors (Lipinski definition) is 6. The summed E-state index contributed by atoms with van der Waals surface area (Å²) in [4.78, 5) is 48.7. The van der Waals surface area contributed by atoms with Gasteiger partial charge in [0.25, 0.3) is 5.91 Å². The number of carboxylic acid groups (broad SMARTS) is 1. The van der Waals surface area contributed by atoms with Crippen molar-refractivity contribution in [3.05, 3.63) is 111 Å². The van der Waals surface area contributed by atoms with Crippen molar-refractivity contribution in [2.24, 2.45) is 17.8 Å². The van der Waals surface area contributed by atoms with Gasteiger partial charge in [-0.05, 0) is 113 Å². The van der Waals surface area contributed by atoms with E-state index in [9.17, 15) is 32.7 Å². The van der Waals surface area contributed by atoms with E-state index in [1.165, 1.54) is 86.4 Å². The Morgan fingerprint density at radius 2 is 1.65 bits per heavy atom. The fourth-order valence-corrected chi connectivity index (χ4v) is 8.56. The van der Waals surface area contributed by atoms with Gasteiger partial charge in [-0.15, -0.1) is 0 Å². The summed E-state index contributed by atoms with van der Waals surface area (Å²) in [5, 5.41) is 12.2. The van der Waals surface area contributed by atoms with Crippen molar-refractivity contribution < 1.29 is 37.4 Å². The third-order valence-corrected chi connectivity index (χ3v) is 11.9. The summed E-state index contributed by atoms with van der Waals surface area (Å²) in [7, 11) is 1.25. The van der Waals surface area contributed by atoms with E-state index in [-0.39, 0.29) is 33.6 Å². The Balaban J connectivity index is 1.06. The summed E-state index contributed by atoms with van der Waals surface area (Å²) >= 11 is 3.34. The molecule has 4 aromatic rings. The van der Waals surface area contributed by atoms with E-state index in [2.05, 4.69) is 44.2 Å². The Hall–Kier alpha value is -5.04. The second kappa shape index (κ2) is 18.5. The van der Waals surface area contributed by atoms with Crippen LogP contribution in [-0.2, 0) is 28.7 Å². The topological polar surface area (TPSA) is 122 Å². The van der Waals surface area contributed by atoms with Crippen molar-refractivity contribution >= 4 is 45.0 Å². The molecule has 6 rings (SSSR count). The first-order chi connectivity index (χ1) is 27.3. The maximum absolute atomic E-state index is 13.6. The van der Waals surface area contributed by atoms with Gasteiger partial charge in [0, 0.05) is 40.2 Å². The quantitative estimate of drug-likeness (QED) is 0.137. The molecule has 300 valence electrons. The number of alkyl halides is 3. The minimum Gasteiger partial charge on any atom is -0.497 e. The summed E-state index contributed by atoms with van der Waals surface area (Å²) in [6.45, 7) is 1.73. The van der Waals surface area contributed by atoms with Crippen LogP contribution >= 0.6 is 15.9 Å². The van der Waals surface area contributed by atoms with Crippen LogP contribution in [0.1, 0.15) is 90.9 Å². The lowest BCUT2D eigenvalue weighted by atomic mass is 9.71. The molecule has 1 atom stereocenters. The molecule has 2 amide bonds. The SMILES string of the molecule is CCC1CCC(C2CC=C(c3cnc(-c4ccc(CN(CC(=O)O)C(=O)c5ccc(NC(=O)Cc6ccc(OC)cc6C(F)(F)F)cc5Br)cc4)nc3)CC2)CC1. The van der Waals surface area contributed by atoms with Gasteiger partial charge < -0.3 is 20.1 Å². The van der Waals surface area contributed by atoms with E-state index >= 15 is 0 Å². The number of hydrogen-bond donors (Lipinski definition) is 2. The number of carbonyl (C=O) groups is 3. The molecule has 0 aliphatic heterocycles. The van der Waals surface area contributed by atoms with Gasteiger partial charge in [0.1, 0.15) is 12.3 Å². The second-order valence-electron chi connectivity index (χ2n) is 14.9. The molecule has 3 aromatic carbocycles. The highest BCUT2D eigenvalue weighted by Crippen LogP contribution is 2.42. The van der Waals surface area contributed by atoms with Crippen molar-refractivity contribution in [1.29, 1.82) is 0 Å². The highest BCUT2D eigenvalue weighted by Gasteiger charge is 2.34. The molecular weight excluding hydrogens is 801 g/mol. The third kappa shape index (κ3) is 10.7. The molecule has 1 saturated carbocycles. The van der Waals surface area contributed by atoms with Gasteiger partial charge in [-0.1, -0.05) is 62.6 Å². The number of ether oxygens (including phenoxy) is 1. The first-order valence-electron chi connectivity index (χ1n) is 19.3. The van der Waals surface area contributed by atoms with Gasteiger partial charge in [-0.2, -0.15) is 13.2 Å². The van der Waals surface area contributed by atoms with E-state index < -0.39 is 42.5 Å². The van der Waals surface area contributed by atoms with Crippen LogP contribution in [0.4, 0.5) is 18.9 Å². The van der Waals surface area contributed by atoms with Crippen LogP contribution in [0, 0.1) is 17.8 Å². The van der Waals surface area contributed by atoms with E-state index in [1.54, 1.807) is 12.1 Å². The molecule has 1 fully saturated rings. The zero-order valence-electron chi connectivity index (χ0n) is 31.9. The zero-order chi connectivity index (χ0) is 40.7. The van der Waals surface area contributed by atoms with Crippen LogP contribution in [0.25, 0.3) is 17.0 Å². The van der Waals surface area contributed by atoms with Gasteiger partial charge in [0.05, 0.1) is 24.7 Å². The minimum absolute atomic E-state index is 0.00523. The van der Waals surface area contributed by atoms with Gasteiger partial charge in [0.2, 0.25) is 5.91 Å². The van der Waals surface area contributed by atoms with Crippen LogP contribution in [0.3, 0.4) is 0 Å². The van der Waals surface area contributed by atoms with Crippen LogP contribution < -0.4 is 10.1 Å². The van der Waals surface area contributed by atoms with Crippen molar-refractivity contribution in [3.63, 3.8) is 0 Å². The molecule has 0 saturated heterocycles. The molecule has 0 spiro atoms. The van der Waals surface area contributed by atoms with E-state index in [4.69, 9.17) is 4.74 Å². The molecule has 1 aromatic heterocycles. The molecule has 2 aliphatic rings. The predicted octanol–water partition coefficient (Wildman–Crippen LogP) is 10.2. The lowest BCUT2D eigenvalue weighted by Crippen LogP contribution is -2.35. The Kier molecular flexibility index (Phi) is 13.5. The number of methoxy groups -OCH3 is 1. The lowest BCUT2D eigenvalue weighted by Gasteiger charge is -2.35. The molecule has 0 bridgehead atoms. The number of benzene rings is 3. The Morgan fingerprint density at radius 1 is 0.930 bits per heavy atom. The fraction of sp³-hybridized carbons (Fsp3) is 0.386. The van der Waals surface area contributed by atoms with Gasteiger partial charge in [-0.3, -0.25) is 14.4 Å². The van der Waals surface area contributed by atoms with Crippen LogP contribution in [0.2, 0.25) is 0 Å². The number of halogens is 4. The number of anilines is 1. The smallest absolute Gasteiger partial charge is 0.416 e. The standard InChI is InChI=1S/C44H46BrF3N4O5/c1-3-27-4-8-29(9-5-27)30-12-14-31(15-13-30)34-23-49-42(50-24-34)32-10-6-28(7-11-32)25-52(26-41(54)55)43(56)37-19-17-35(21-39(37)45)51-40(53)20-33-16-18-36(57-2)22-38(33)44(46,47)48/h6-7,10-11,14,16-19,21-24,27,29-30H,3-5,8-9,12-13,15,20,25-26H2,1-2H3,(H,51,53)(H,54,55). The second-order valence-corrected chi connectivity index (χ2v) is 15.8. The molecule has 0 radical (unpaired) electrons. The summed E-state index contributed by atoms with van der Waals surface area (Å²) < 4.78 is 46.1. The Morgan fingerprint density at radius 3 is 2.25 bits per heavy atom. The summed E-state index contributed by atoms with van der Waals surface area (Å²) in [5.41, 5.74) is 2.97. The number of nitrogens with zero attached hydrogens (tertiary/aromatic N) is 3. The highest BCUT2D eigenvalue weighted by atomic mass is 79.9. The fourth-order valence-electron chi connectivity index (χ4n) is 8.01. The number of carbonyl (C=O) groups excluding carboxylic acids is 2. The number of rotatable bonds is 13. The van der Waals surface area contributed by atoms with E-state index in [1.807, 2.05) is 24.5 Å². The molecule has 1 unspecified atom stereocenters. The largest absolute Gasteiger partial charge is 0.497 e. The van der Waals surface area contributed by atoms with Gasteiger partial charge in [-0.25, -0.2) is 9.97 Å². The number of nitrogens with one attached hydrogen (secondary N) is 1. The number of carboxylic acids is 1. The van der Waals surface area contributed by atoms with Crippen LogP contribution in [-0.4, -0.2) is 51.4 Å². The monoisotopic (exact) mass is 846 g/mol. The third-order valence-electron chi connectivity index (χ3n) is 11.3. The average Bonchev–Trinajstić information content (AvgIpc) is 3.20. The Labute approximate surface area is 338 Å². The average molecular weight is 848 g/mol. The summed E-state index contributed by atoms with van der Waals surface area (Å²) in [5.74, 6) is 0.620. The summed E-state index contributed by atoms with van der Waals surface area (Å²) in [6, 6.07) is 14.9. The number of amides is 2. The summed E-state index contributed by atoms with van der Waals surface area (Å²) in [6.07, 6.45) is 11.0. The van der Waals surface area contributed by atoms with Gasteiger partial charge in [0.15, 0.2) is 5.82 Å². The van der Waals surface area contributed by atoms with Crippen molar-refractivity contribution in [3.8, 4) is 17.1 Å². The predicted molar refractivity (Wildman–Crippen MR) is 215 cm³/mol. The van der Waals surface area contributed by atoms with Gasteiger partial charge >= 0.3 is 12.1 Å². The van der Waals surface area contributed by atoms with E-state index in [0.29, 0.717) is 11.4 Å². The number of aliphatic carboxylic acids is 1. The molecule has 2 aliphatic carbocycles. The first kappa shape index (κ1) is 41.6. The normalized spacial score (nSPS) is 18.4. The van der Waals surface area contributed by atoms with E-state index in [0.717, 1.165) is 47.8 Å². The molecule has 13 heteroatoms.